The summed E-state index contributed by atoms with van der Waals surface area (Å²) in [6.45, 7) is 0.443. The van der Waals surface area contributed by atoms with Crippen molar-refractivity contribution in [3.63, 3.8) is 0 Å². The molecule has 1 aliphatic carbocycles. The van der Waals surface area contributed by atoms with Gasteiger partial charge in [0.15, 0.2) is 0 Å². The molecule has 0 aliphatic heterocycles. The van der Waals surface area contributed by atoms with Gasteiger partial charge in [-0.1, -0.05) is 18.0 Å². The molecule has 1 aliphatic rings. The first kappa shape index (κ1) is 13.3. The summed E-state index contributed by atoms with van der Waals surface area (Å²) in [7, 11) is 0. The number of nitrogens with one attached hydrogen (secondary N) is 1. The molecule has 0 saturated heterocycles. The summed E-state index contributed by atoms with van der Waals surface area (Å²) in [6.07, 6.45) is 2.92. The highest BCUT2D eigenvalue weighted by molar-refractivity contribution is 5.84. The summed E-state index contributed by atoms with van der Waals surface area (Å²) in [5, 5.41) is 14.9. The second kappa shape index (κ2) is 6.75. The fourth-order valence-electron chi connectivity index (χ4n) is 2.15. The SMILES string of the molecule is [N-]=[N+]=NCCNC(=O)C1CCCCC1C(=O)O. The van der Waals surface area contributed by atoms with Crippen LogP contribution in [0.2, 0.25) is 0 Å². The highest BCUT2D eigenvalue weighted by atomic mass is 16.4. The molecule has 0 heterocycles. The largest absolute Gasteiger partial charge is 0.481 e. The van der Waals surface area contributed by atoms with E-state index in [9.17, 15) is 9.59 Å². The number of aliphatic carboxylic acids is 1. The minimum atomic E-state index is -0.903. The Morgan fingerprint density at radius 2 is 2.00 bits per heavy atom. The average molecular weight is 240 g/mol. The molecule has 1 rings (SSSR count). The maximum absolute atomic E-state index is 11.8. The van der Waals surface area contributed by atoms with Gasteiger partial charge >= 0.3 is 5.97 Å². The molecule has 2 atom stereocenters. The molecule has 94 valence electrons. The number of amides is 1. The van der Waals surface area contributed by atoms with Gasteiger partial charge < -0.3 is 10.4 Å². The number of nitrogens with zero attached hydrogens (tertiary/aromatic N) is 3. The predicted octanol–water partition coefficient (Wildman–Crippen LogP) is 1.30. The number of azide groups is 1. The fourth-order valence-corrected chi connectivity index (χ4v) is 2.15. The van der Waals surface area contributed by atoms with Crippen molar-refractivity contribution in [2.75, 3.05) is 13.1 Å². The number of carboxylic acid groups (broad SMARTS) is 1. The summed E-state index contributed by atoms with van der Waals surface area (Å²) in [5.41, 5.74) is 8.06. The van der Waals surface area contributed by atoms with Gasteiger partial charge in [0.25, 0.3) is 0 Å². The van der Waals surface area contributed by atoms with E-state index in [0.717, 1.165) is 12.8 Å². The van der Waals surface area contributed by atoms with Crippen molar-refractivity contribution >= 4 is 11.9 Å². The number of carboxylic acids is 1. The Labute approximate surface area is 98.8 Å². The molecule has 7 heteroatoms. The van der Waals surface area contributed by atoms with Crippen molar-refractivity contribution in [2.45, 2.75) is 25.7 Å². The summed E-state index contributed by atoms with van der Waals surface area (Å²) >= 11 is 0. The van der Waals surface area contributed by atoms with Crippen LogP contribution in [0, 0.1) is 11.8 Å². The van der Waals surface area contributed by atoms with E-state index in [4.69, 9.17) is 10.6 Å². The summed E-state index contributed by atoms with van der Waals surface area (Å²) in [5.74, 6) is -2.18. The normalized spacial score (nSPS) is 23.5. The van der Waals surface area contributed by atoms with Crippen LogP contribution in [-0.2, 0) is 9.59 Å². The van der Waals surface area contributed by atoms with Gasteiger partial charge in [-0.2, -0.15) is 0 Å². The molecule has 17 heavy (non-hydrogen) atoms. The lowest BCUT2D eigenvalue weighted by atomic mass is 9.79. The fraction of sp³-hybridized carbons (Fsp3) is 0.800. The van der Waals surface area contributed by atoms with E-state index in [1.165, 1.54) is 0 Å². The molecule has 1 amide bonds. The van der Waals surface area contributed by atoms with Gasteiger partial charge in [0.2, 0.25) is 5.91 Å². The van der Waals surface area contributed by atoms with Crippen molar-refractivity contribution in [3.8, 4) is 0 Å². The summed E-state index contributed by atoms with van der Waals surface area (Å²) in [6, 6.07) is 0. The average Bonchev–Trinajstić information content (AvgIpc) is 2.34. The number of carbonyl (C=O) groups excluding carboxylic acids is 1. The quantitative estimate of drug-likeness (QED) is 0.326. The zero-order valence-corrected chi connectivity index (χ0v) is 9.50. The van der Waals surface area contributed by atoms with Crippen LogP contribution in [0.3, 0.4) is 0 Å². The van der Waals surface area contributed by atoms with Crippen LogP contribution < -0.4 is 5.32 Å². The third-order valence-electron chi connectivity index (χ3n) is 2.99. The second-order valence-electron chi connectivity index (χ2n) is 4.08. The first-order valence-electron chi connectivity index (χ1n) is 5.68. The van der Waals surface area contributed by atoms with Crippen LogP contribution in [0.25, 0.3) is 10.4 Å². The highest BCUT2D eigenvalue weighted by Gasteiger charge is 2.35. The van der Waals surface area contributed by atoms with Crippen LogP contribution in [0.5, 0.6) is 0 Å². The van der Waals surface area contributed by atoms with Gasteiger partial charge in [-0.05, 0) is 18.4 Å². The lowest BCUT2D eigenvalue weighted by Crippen LogP contribution is -2.40. The second-order valence-corrected chi connectivity index (χ2v) is 4.08. The molecule has 0 aromatic rings. The minimum Gasteiger partial charge on any atom is -0.481 e. The first-order valence-corrected chi connectivity index (χ1v) is 5.68. The monoisotopic (exact) mass is 240 g/mol. The van der Waals surface area contributed by atoms with E-state index < -0.39 is 17.8 Å². The third-order valence-corrected chi connectivity index (χ3v) is 2.99. The minimum absolute atomic E-state index is 0.187. The molecule has 0 radical (unpaired) electrons. The maximum Gasteiger partial charge on any atom is 0.307 e. The Balaban J connectivity index is 2.47. The van der Waals surface area contributed by atoms with Crippen LogP contribution in [0.4, 0.5) is 0 Å². The predicted molar refractivity (Wildman–Crippen MR) is 60.1 cm³/mol. The van der Waals surface area contributed by atoms with Crippen molar-refractivity contribution in [1.82, 2.24) is 5.32 Å². The topological polar surface area (TPSA) is 115 Å². The van der Waals surface area contributed by atoms with Crippen LogP contribution in [0.15, 0.2) is 5.11 Å². The summed E-state index contributed by atoms with van der Waals surface area (Å²) in [4.78, 5) is 25.3. The van der Waals surface area contributed by atoms with Gasteiger partial charge in [-0.3, -0.25) is 9.59 Å². The number of rotatable bonds is 5. The van der Waals surface area contributed by atoms with Crippen LogP contribution in [0.1, 0.15) is 25.7 Å². The molecule has 7 nitrogen and oxygen atoms in total. The number of hydrogen-bond acceptors (Lipinski definition) is 3. The van der Waals surface area contributed by atoms with Gasteiger partial charge in [0.05, 0.1) is 11.8 Å². The molecular formula is C10H16N4O3. The molecule has 1 saturated carbocycles. The zero-order chi connectivity index (χ0) is 12.7. The van der Waals surface area contributed by atoms with Crippen molar-refractivity contribution in [2.24, 2.45) is 17.0 Å². The standard InChI is InChI=1S/C10H16N4O3/c11-14-13-6-5-12-9(15)7-3-1-2-4-8(7)10(16)17/h7-8H,1-6H2,(H,12,15)(H,16,17). The van der Waals surface area contributed by atoms with Crippen LogP contribution >= 0.6 is 0 Å². The Hall–Kier alpha value is -1.75. The molecule has 2 N–H and O–H groups in total. The van der Waals surface area contributed by atoms with E-state index in [1.807, 2.05) is 0 Å². The number of carbonyl (C=O) groups is 2. The zero-order valence-electron chi connectivity index (χ0n) is 9.50. The molecule has 0 aromatic heterocycles. The summed E-state index contributed by atoms with van der Waals surface area (Å²) < 4.78 is 0. The van der Waals surface area contributed by atoms with E-state index in [0.29, 0.717) is 12.8 Å². The van der Waals surface area contributed by atoms with Gasteiger partial charge in [0.1, 0.15) is 0 Å². The first-order chi connectivity index (χ1) is 8.16. The smallest absolute Gasteiger partial charge is 0.307 e. The molecular weight excluding hydrogens is 224 g/mol. The molecule has 0 aromatic carbocycles. The van der Waals surface area contributed by atoms with Crippen molar-refractivity contribution in [1.29, 1.82) is 0 Å². The number of hydrogen-bond donors (Lipinski definition) is 2. The van der Waals surface area contributed by atoms with Gasteiger partial charge in [0, 0.05) is 18.0 Å². The van der Waals surface area contributed by atoms with Crippen molar-refractivity contribution < 1.29 is 14.7 Å². The van der Waals surface area contributed by atoms with E-state index in [2.05, 4.69) is 15.3 Å². The molecule has 2 unspecified atom stereocenters. The van der Waals surface area contributed by atoms with E-state index >= 15 is 0 Å². The third kappa shape index (κ3) is 3.96. The van der Waals surface area contributed by atoms with E-state index in [1.54, 1.807) is 0 Å². The van der Waals surface area contributed by atoms with Crippen LogP contribution in [-0.4, -0.2) is 30.1 Å². The Morgan fingerprint density at radius 3 is 2.59 bits per heavy atom. The lowest BCUT2D eigenvalue weighted by molar-refractivity contribution is -0.148. The molecule has 0 spiro atoms. The van der Waals surface area contributed by atoms with Gasteiger partial charge in [-0.25, -0.2) is 0 Å². The highest BCUT2D eigenvalue weighted by Crippen LogP contribution is 2.30. The maximum atomic E-state index is 11.8. The Kier molecular flexibility index (Phi) is 5.29. The molecule has 1 fully saturated rings. The van der Waals surface area contributed by atoms with E-state index in [-0.39, 0.29) is 19.0 Å². The molecule has 0 bridgehead atoms. The Bertz CT molecular complexity index is 338. The Morgan fingerprint density at radius 1 is 1.35 bits per heavy atom. The van der Waals surface area contributed by atoms with Crippen molar-refractivity contribution in [3.05, 3.63) is 10.4 Å². The van der Waals surface area contributed by atoms with Gasteiger partial charge in [-0.15, -0.1) is 0 Å². The lowest BCUT2D eigenvalue weighted by Gasteiger charge is -2.27.